The molecule has 4 aromatic carbocycles. The highest BCUT2D eigenvalue weighted by Gasteiger charge is 2.25. The molecule has 1 aliphatic rings. The number of non-ortho nitro benzene ring substituents is 1. The fourth-order valence-corrected chi connectivity index (χ4v) is 3.74. The second-order valence-electron chi connectivity index (χ2n) is 6.86. The summed E-state index contributed by atoms with van der Waals surface area (Å²) in [5.41, 5.74) is 5.45. The maximum atomic E-state index is 10.8. The number of nitrogens with one attached hydrogen (secondary N) is 2. The molecule has 0 aliphatic carbocycles. The summed E-state index contributed by atoms with van der Waals surface area (Å²) >= 11 is 0. The van der Waals surface area contributed by atoms with Crippen molar-refractivity contribution in [3.05, 3.63) is 95.0 Å². The van der Waals surface area contributed by atoms with E-state index >= 15 is 0 Å². The Bertz CT molecular complexity index is 1150. The van der Waals surface area contributed by atoms with Crippen LogP contribution in [0.3, 0.4) is 0 Å². The minimum absolute atomic E-state index is 0.0218. The standard InChI is InChI=1S/C22H16BN3O2/c27-26(28)19-13-9-16(10-14-19)15-7-11-18(12-8-15)23-24-20-5-1-3-17-4-2-6-21(25-23)22(17)20/h1-14,24-25H. The second kappa shape index (κ2) is 6.42. The van der Waals surface area contributed by atoms with Gasteiger partial charge in [-0.1, -0.05) is 48.5 Å². The summed E-state index contributed by atoms with van der Waals surface area (Å²) < 4.78 is 0. The van der Waals surface area contributed by atoms with Crippen LogP contribution in [0.4, 0.5) is 17.1 Å². The largest absolute Gasteiger partial charge is 0.406 e. The summed E-state index contributed by atoms with van der Waals surface area (Å²) in [6, 6.07) is 27.4. The predicted octanol–water partition coefficient (Wildman–Crippen LogP) is 4.65. The maximum absolute atomic E-state index is 10.8. The molecule has 0 spiro atoms. The zero-order valence-electron chi connectivity index (χ0n) is 14.9. The van der Waals surface area contributed by atoms with E-state index in [9.17, 15) is 10.1 Å². The van der Waals surface area contributed by atoms with Crippen molar-refractivity contribution in [2.45, 2.75) is 0 Å². The highest BCUT2D eigenvalue weighted by Crippen LogP contribution is 2.33. The first kappa shape index (κ1) is 16.4. The van der Waals surface area contributed by atoms with Crippen molar-refractivity contribution in [1.82, 2.24) is 0 Å². The number of anilines is 2. The molecule has 0 atom stereocenters. The highest BCUT2D eigenvalue weighted by atomic mass is 16.6. The van der Waals surface area contributed by atoms with E-state index in [0.29, 0.717) is 0 Å². The highest BCUT2D eigenvalue weighted by molar-refractivity contribution is 6.80. The van der Waals surface area contributed by atoms with Crippen molar-refractivity contribution in [2.24, 2.45) is 0 Å². The minimum Gasteiger partial charge on any atom is -0.405 e. The zero-order valence-corrected chi connectivity index (χ0v) is 14.9. The van der Waals surface area contributed by atoms with E-state index in [4.69, 9.17) is 0 Å². The van der Waals surface area contributed by atoms with E-state index in [1.165, 1.54) is 22.9 Å². The van der Waals surface area contributed by atoms with Gasteiger partial charge in [-0.25, -0.2) is 0 Å². The Morgan fingerprint density at radius 2 is 1.25 bits per heavy atom. The molecule has 0 amide bonds. The van der Waals surface area contributed by atoms with Gasteiger partial charge in [-0.3, -0.25) is 10.1 Å². The van der Waals surface area contributed by atoms with E-state index in [2.05, 4.69) is 59.0 Å². The summed E-state index contributed by atoms with van der Waals surface area (Å²) in [6.07, 6.45) is 0. The maximum Gasteiger partial charge on any atom is 0.406 e. The van der Waals surface area contributed by atoms with Crippen molar-refractivity contribution in [1.29, 1.82) is 0 Å². The third-order valence-corrected chi connectivity index (χ3v) is 5.16. The van der Waals surface area contributed by atoms with Crippen LogP contribution in [-0.2, 0) is 0 Å². The summed E-state index contributed by atoms with van der Waals surface area (Å²) in [5.74, 6) is 0. The first-order valence-corrected chi connectivity index (χ1v) is 9.09. The Balaban J connectivity index is 1.43. The van der Waals surface area contributed by atoms with Gasteiger partial charge >= 0.3 is 6.98 Å². The fraction of sp³-hybridized carbons (Fsp3) is 0. The molecular weight excluding hydrogens is 349 g/mol. The third kappa shape index (κ3) is 2.75. The summed E-state index contributed by atoms with van der Waals surface area (Å²) in [7, 11) is 0. The Labute approximate surface area is 162 Å². The van der Waals surface area contributed by atoms with E-state index in [-0.39, 0.29) is 17.6 Å². The lowest BCUT2D eigenvalue weighted by Gasteiger charge is -2.27. The molecular formula is C22H16BN3O2. The molecule has 0 unspecified atom stereocenters. The molecule has 1 aliphatic heterocycles. The molecule has 0 saturated heterocycles. The summed E-state index contributed by atoms with van der Waals surface area (Å²) in [5, 5.41) is 20.4. The van der Waals surface area contributed by atoms with Crippen molar-refractivity contribution < 1.29 is 4.92 Å². The average Bonchev–Trinajstić information content (AvgIpc) is 2.74. The molecule has 1 heterocycles. The van der Waals surface area contributed by atoms with Crippen LogP contribution in [0.25, 0.3) is 21.9 Å². The van der Waals surface area contributed by atoms with Gasteiger partial charge in [0.25, 0.3) is 5.69 Å². The normalized spacial score (nSPS) is 12.4. The SMILES string of the molecule is O=[N+]([O-])c1ccc(-c2ccc(B3Nc4cccc5cccc(c45)N3)cc2)cc1. The summed E-state index contributed by atoms with van der Waals surface area (Å²) in [4.78, 5) is 10.4. The average molecular weight is 365 g/mol. The molecule has 0 radical (unpaired) electrons. The predicted molar refractivity (Wildman–Crippen MR) is 115 cm³/mol. The van der Waals surface area contributed by atoms with Gasteiger partial charge in [0.2, 0.25) is 0 Å². The topological polar surface area (TPSA) is 67.2 Å². The van der Waals surface area contributed by atoms with Crippen molar-refractivity contribution in [3.8, 4) is 11.1 Å². The quantitative estimate of drug-likeness (QED) is 0.315. The Kier molecular flexibility index (Phi) is 3.76. The van der Waals surface area contributed by atoms with Gasteiger partial charge in [0, 0.05) is 28.9 Å². The molecule has 5 rings (SSSR count). The molecule has 28 heavy (non-hydrogen) atoms. The van der Waals surface area contributed by atoms with Crippen LogP contribution in [-0.4, -0.2) is 11.9 Å². The van der Waals surface area contributed by atoms with Crippen LogP contribution >= 0.6 is 0 Å². The van der Waals surface area contributed by atoms with E-state index in [0.717, 1.165) is 28.0 Å². The number of nitro groups is 1. The number of nitrogens with zero attached hydrogens (tertiary/aromatic N) is 1. The third-order valence-electron chi connectivity index (χ3n) is 5.16. The first-order valence-electron chi connectivity index (χ1n) is 9.09. The van der Waals surface area contributed by atoms with Gasteiger partial charge in [-0.05, 0) is 46.2 Å². The minimum atomic E-state index is -0.383. The molecule has 0 aromatic heterocycles. The zero-order chi connectivity index (χ0) is 19.1. The molecule has 6 heteroatoms. The van der Waals surface area contributed by atoms with Gasteiger partial charge < -0.3 is 10.5 Å². The fourth-order valence-electron chi connectivity index (χ4n) is 3.74. The Morgan fingerprint density at radius 3 is 1.79 bits per heavy atom. The molecule has 0 saturated carbocycles. The van der Waals surface area contributed by atoms with Crippen LogP contribution in [0.2, 0.25) is 0 Å². The van der Waals surface area contributed by atoms with Crippen LogP contribution < -0.4 is 15.9 Å². The van der Waals surface area contributed by atoms with Crippen LogP contribution in [0.15, 0.2) is 84.9 Å². The van der Waals surface area contributed by atoms with Crippen LogP contribution in [0.1, 0.15) is 0 Å². The number of nitro benzene ring substituents is 1. The van der Waals surface area contributed by atoms with Crippen molar-refractivity contribution in [3.63, 3.8) is 0 Å². The number of hydrogen-bond acceptors (Lipinski definition) is 4. The Hall–Kier alpha value is -3.80. The second-order valence-corrected chi connectivity index (χ2v) is 6.86. The van der Waals surface area contributed by atoms with Crippen LogP contribution in [0.5, 0.6) is 0 Å². The smallest absolute Gasteiger partial charge is 0.405 e. The monoisotopic (exact) mass is 365 g/mol. The molecule has 0 bridgehead atoms. The van der Waals surface area contributed by atoms with Crippen LogP contribution in [0, 0.1) is 10.1 Å². The van der Waals surface area contributed by atoms with Gasteiger partial charge in [0.05, 0.1) is 4.92 Å². The Morgan fingerprint density at radius 1 is 0.714 bits per heavy atom. The van der Waals surface area contributed by atoms with E-state index in [1.807, 2.05) is 12.1 Å². The van der Waals surface area contributed by atoms with Gasteiger partial charge in [-0.2, -0.15) is 0 Å². The molecule has 0 fully saturated rings. The lowest BCUT2D eigenvalue weighted by atomic mass is 9.66. The number of rotatable bonds is 3. The molecule has 4 aromatic rings. The summed E-state index contributed by atoms with van der Waals surface area (Å²) in [6.45, 7) is -0.0218. The lowest BCUT2D eigenvalue weighted by Crippen LogP contribution is -2.47. The van der Waals surface area contributed by atoms with Gasteiger partial charge in [-0.15, -0.1) is 0 Å². The number of benzene rings is 4. The molecule has 5 nitrogen and oxygen atoms in total. The van der Waals surface area contributed by atoms with E-state index < -0.39 is 0 Å². The lowest BCUT2D eigenvalue weighted by molar-refractivity contribution is -0.384. The van der Waals surface area contributed by atoms with Gasteiger partial charge in [0.15, 0.2) is 0 Å². The molecule has 134 valence electrons. The van der Waals surface area contributed by atoms with Crippen molar-refractivity contribution in [2.75, 3.05) is 10.5 Å². The van der Waals surface area contributed by atoms with E-state index in [1.54, 1.807) is 12.1 Å². The van der Waals surface area contributed by atoms with Crippen molar-refractivity contribution >= 4 is 40.3 Å². The first-order chi connectivity index (χ1) is 13.7. The number of hydrogen-bond donors (Lipinski definition) is 2. The van der Waals surface area contributed by atoms with Gasteiger partial charge in [0.1, 0.15) is 0 Å². The molecule has 2 N–H and O–H groups in total.